The molecule has 1 unspecified atom stereocenters. The van der Waals surface area contributed by atoms with E-state index in [1.807, 2.05) is 6.92 Å². The molecule has 3 N–H and O–H groups in total. The smallest absolute Gasteiger partial charge is 0.230 e. The molecule has 0 saturated carbocycles. The molecule has 0 aromatic carbocycles. The van der Waals surface area contributed by atoms with Crippen molar-refractivity contribution in [1.29, 1.82) is 0 Å². The number of amides is 1. The Kier molecular flexibility index (Phi) is 4.89. The molecule has 4 nitrogen and oxygen atoms in total. The Morgan fingerprint density at radius 1 is 1.62 bits per heavy atom. The highest BCUT2D eigenvalue weighted by Crippen LogP contribution is 2.19. The zero-order valence-electron chi connectivity index (χ0n) is 9.99. The van der Waals surface area contributed by atoms with Crippen LogP contribution in [0, 0.1) is 18.8 Å². The second-order valence-electron chi connectivity index (χ2n) is 4.33. The molecular formula is C11H19N3OS. The Balaban J connectivity index is 2.55. The maximum atomic E-state index is 11.9. The van der Waals surface area contributed by atoms with Crippen LogP contribution < -0.4 is 11.1 Å². The first-order chi connectivity index (χ1) is 7.52. The van der Waals surface area contributed by atoms with Crippen LogP contribution in [0.2, 0.25) is 0 Å². The molecular weight excluding hydrogens is 222 g/mol. The Morgan fingerprint density at radius 3 is 2.75 bits per heavy atom. The summed E-state index contributed by atoms with van der Waals surface area (Å²) in [5, 5.41) is 3.46. The Morgan fingerprint density at radius 2 is 2.31 bits per heavy atom. The lowest BCUT2D eigenvalue weighted by molar-refractivity contribution is -0.120. The number of anilines is 1. The third-order valence-electron chi connectivity index (χ3n) is 2.26. The average Bonchev–Trinajstić information content (AvgIpc) is 2.60. The Labute approximate surface area is 100 Å². The summed E-state index contributed by atoms with van der Waals surface area (Å²) in [6, 6.07) is 0. The SMILES string of the molecule is Cc1cnc(NC(=O)C(CN)CC(C)C)s1. The molecule has 0 aliphatic rings. The van der Waals surface area contributed by atoms with E-state index >= 15 is 0 Å². The predicted octanol–water partition coefficient (Wildman–Crippen LogP) is 2.01. The molecule has 1 amide bonds. The van der Waals surface area contributed by atoms with E-state index in [-0.39, 0.29) is 11.8 Å². The van der Waals surface area contributed by atoms with Crippen molar-refractivity contribution >= 4 is 22.4 Å². The van der Waals surface area contributed by atoms with E-state index in [2.05, 4.69) is 24.1 Å². The number of carbonyl (C=O) groups excluding carboxylic acids is 1. The molecule has 0 fully saturated rings. The number of hydrogen-bond donors (Lipinski definition) is 2. The van der Waals surface area contributed by atoms with E-state index in [1.54, 1.807) is 6.20 Å². The van der Waals surface area contributed by atoms with Gasteiger partial charge in [0, 0.05) is 17.6 Å². The first-order valence-electron chi connectivity index (χ1n) is 5.46. The highest BCUT2D eigenvalue weighted by atomic mass is 32.1. The fourth-order valence-corrected chi connectivity index (χ4v) is 2.17. The number of aryl methyl sites for hydroxylation is 1. The van der Waals surface area contributed by atoms with E-state index in [9.17, 15) is 4.79 Å². The van der Waals surface area contributed by atoms with Gasteiger partial charge in [-0.1, -0.05) is 13.8 Å². The zero-order chi connectivity index (χ0) is 12.1. The van der Waals surface area contributed by atoms with Gasteiger partial charge in [-0.15, -0.1) is 11.3 Å². The van der Waals surface area contributed by atoms with Crippen molar-refractivity contribution in [3.63, 3.8) is 0 Å². The van der Waals surface area contributed by atoms with Crippen molar-refractivity contribution in [2.24, 2.45) is 17.6 Å². The predicted molar refractivity (Wildman–Crippen MR) is 67.5 cm³/mol. The average molecular weight is 241 g/mol. The highest BCUT2D eigenvalue weighted by Gasteiger charge is 2.18. The van der Waals surface area contributed by atoms with Crippen LogP contribution in [0.4, 0.5) is 5.13 Å². The van der Waals surface area contributed by atoms with Crippen LogP contribution in [0.3, 0.4) is 0 Å². The van der Waals surface area contributed by atoms with Gasteiger partial charge in [-0.05, 0) is 19.3 Å². The van der Waals surface area contributed by atoms with Crippen molar-refractivity contribution in [1.82, 2.24) is 4.98 Å². The Bertz CT molecular complexity index is 349. The summed E-state index contributed by atoms with van der Waals surface area (Å²) in [5.74, 6) is 0.326. The maximum Gasteiger partial charge on any atom is 0.230 e. The van der Waals surface area contributed by atoms with Gasteiger partial charge in [0.1, 0.15) is 0 Å². The highest BCUT2D eigenvalue weighted by molar-refractivity contribution is 7.15. The topological polar surface area (TPSA) is 68.0 Å². The van der Waals surface area contributed by atoms with Crippen LogP contribution in [-0.4, -0.2) is 17.4 Å². The summed E-state index contributed by atoms with van der Waals surface area (Å²) in [6.07, 6.45) is 2.56. The van der Waals surface area contributed by atoms with Crippen LogP contribution in [-0.2, 0) is 4.79 Å². The summed E-state index contributed by atoms with van der Waals surface area (Å²) in [5.41, 5.74) is 5.60. The van der Waals surface area contributed by atoms with Crippen LogP contribution in [0.15, 0.2) is 6.20 Å². The number of thiazole rings is 1. The molecule has 1 rings (SSSR count). The number of aromatic nitrogens is 1. The lowest BCUT2D eigenvalue weighted by Crippen LogP contribution is -2.30. The number of nitrogens with one attached hydrogen (secondary N) is 1. The van der Waals surface area contributed by atoms with Crippen LogP contribution >= 0.6 is 11.3 Å². The second-order valence-corrected chi connectivity index (χ2v) is 5.56. The molecule has 16 heavy (non-hydrogen) atoms. The molecule has 0 radical (unpaired) electrons. The summed E-state index contributed by atoms with van der Waals surface area (Å²) in [7, 11) is 0. The number of rotatable bonds is 5. The molecule has 0 aliphatic heterocycles. The number of carbonyl (C=O) groups is 1. The number of hydrogen-bond acceptors (Lipinski definition) is 4. The monoisotopic (exact) mass is 241 g/mol. The van der Waals surface area contributed by atoms with Gasteiger partial charge in [0.05, 0.1) is 5.92 Å². The van der Waals surface area contributed by atoms with Gasteiger partial charge >= 0.3 is 0 Å². The zero-order valence-corrected chi connectivity index (χ0v) is 10.8. The van der Waals surface area contributed by atoms with Gasteiger partial charge in [-0.3, -0.25) is 4.79 Å². The van der Waals surface area contributed by atoms with Gasteiger partial charge in [0.15, 0.2) is 5.13 Å². The standard InChI is InChI=1S/C11H19N3OS/c1-7(2)4-9(5-12)10(15)14-11-13-6-8(3)16-11/h6-7,9H,4-5,12H2,1-3H3,(H,13,14,15). The molecule has 5 heteroatoms. The quantitative estimate of drug-likeness (QED) is 0.828. The van der Waals surface area contributed by atoms with Crippen LogP contribution in [0.25, 0.3) is 0 Å². The fourth-order valence-electron chi connectivity index (χ4n) is 1.50. The molecule has 0 saturated heterocycles. The van der Waals surface area contributed by atoms with Gasteiger partial charge in [0.2, 0.25) is 5.91 Å². The van der Waals surface area contributed by atoms with Gasteiger partial charge in [-0.25, -0.2) is 4.98 Å². The summed E-state index contributed by atoms with van der Waals surface area (Å²) in [6.45, 7) is 6.52. The van der Waals surface area contributed by atoms with Crippen molar-refractivity contribution in [2.75, 3.05) is 11.9 Å². The molecule has 1 aromatic rings. The van der Waals surface area contributed by atoms with E-state index in [1.165, 1.54) is 11.3 Å². The third-order valence-corrected chi connectivity index (χ3v) is 3.09. The molecule has 0 bridgehead atoms. The van der Waals surface area contributed by atoms with E-state index in [0.717, 1.165) is 11.3 Å². The van der Waals surface area contributed by atoms with E-state index < -0.39 is 0 Å². The largest absolute Gasteiger partial charge is 0.330 e. The third kappa shape index (κ3) is 3.90. The van der Waals surface area contributed by atoms with Gasteiger partial charge in [0.25, 0.3) is 0 Å². The van der Waals surface area contributed by atoms with Crippen LogP contribution in [0.1, 0.15) is 25.1 Å². The van der Waals surface area contributed by atoms with E-state index in [4.69, 9.17) is 5.73 Å². The molecule has 1 heterocycles. The minimum Gasteiger partial charge on any atom is -0.330 e. The van der Waals surface area contributed by atoms with Crippen molar-refractivity contribution in [2.45, 2.75) is 27.2 Å². The van der Waals surface area contributed by atoms with Crippen molar-refractivity contribution < 1.29 is 4.79 Å². The molecule has 90 valence electrons. The normalized spacial score (nSPS) is 12.8. The molecule has 1 aromatic heterocycles. The summed E-state index contributed by atoms with van der Waals surface area (Å²) >= 11 is 1.48. The van der Waals surface area contributed by atoms with Crippen molar-refractivity contribution in [3.05, 3.63) is 11.1 Å². The first kappa shape index (κ1) is 13.1. The molecule has 0 spiro atoms. The summed E-state index contributed by atoms with van der Waals surface area (Å²) < 4.78 is 0. The minimum atomic E-state index is -0.121. The lowest BCUT2D eigenvalue weighted by Gasteiger charge is -2.15. The lowest BCUT2D eigenvalue weighted by atomic mass is 9.96. The molecule has 1 atom stereocenters. The number of nitrogens with two attached hydrogens (primary N) is 1. The Hall–Kier alpha value is -0.940. The van der Waals surface area contributed by atoms with E-state index in [0.29, 0.717) is 17.6 Å². The molecule has 0 aliphatic carbocycles. The second kappa shape index (κ2) is 5.96. The fraction of sp³-hybridized carbons (Fsp3) is 0.636. The van der Waals surface area contributed by atoms with Crippen LogP contribution in [0.5, 0.6) is 0 Å². The van der Waals surface area contributed by atoms with Gasteiger partial charge < -0.3 is 11.1 Å². The maximum absolute atomic E-state index is 11.9. The first-order valence-corrected chi connectivity index (χ1v) is 6.28. The summed E-state index contributed by atoms with van der Waals surface area (Å²) in [4.78, 5) is 17.0. The minimum absolute atomic E-state index is 0.0226. The van der Waals surface area contributed by atoms with Gasteiger partial charge in [-0.2, -0.15) is 0 Å². The van der Waals surface area contributed by atoms with Crippen molar-refractivity contribution in [3.8, 4) is 0 Å². The number of nitrogens with zero attached hydrogens (tertiary/aromatic N) is 1.